The molecule has 1 fully saturated rings. The Labute approximate surface area is 81.6 Å². The Hall–Kier alpha value is -0.270. The highest BCUT2D eigenvalue weighted by Gasteiger charge is 2.20. The van der Waals surface area contributed by atoms with E-state index in [9.17, 15) is 0 Å². The maximum absolute atomic E-state index is 3.82. The highest BCUT2D eigenvalue weighted by molar-refractivity contribution is 5.85. The zero-order valence-electron chi connectivity index (χ0n) is 7.70. The normalized spacial score (nSPS) is 30.4. The molecule has 1 nitrogen and oxygen atoms in total. The fourth-order valence-corrected chi connectivity index (χ4v) is 1.69. The van der Waals surface area contributed by atoms with E-state index in [-0.39, 0.29) is 12.4 Å². The molecule has 0 N–H and O–H groups in total. The third-order valence-corrected chi connectivity index (χ3v) is 2.53. The van der Waals surface area contributed by atoms with Crippen LogP contribution in [0.15, 0.2) is 25.3 Å². The van der Waals surface area contributed by atoms with E-state index in [1.165, 1.54) is 12.8 Å². The molecule has 1 heterocycles. The summed E-state index contributed by atoms with van der Waals surface area (Å²) < 4.78 is 0. The Morgan fingerprint density at radius 3 is 2.33 bits per heavy atom. The Morgan fingerprint density at radius 1 is 1.25 bits per heavy atom. The summed E-state index contributed by atoms with van der Waals surface area (Å²) in [5.41, 5.74) is 0. The van der Waals surface area contributed by atoms with Gasteiger partial charge in [-0.3, -0.25) is 4.90 Å². The molecule has 1 aliphatic heterocycles. The molecule has 0 radical (unpaired) electrons. The summed E-state index contributed by atoms with van der Waals surface area (Å²) in [5.74, 6) is 0.691. The van der Waals surface area contributed by atoms with E-state index in [4.69, 9.17) is 0 Å². The molecule has 0 aromatic heterocycles. The predicted molar refractivity (Wildman–Crippen MR) is 56.8 cm³/mol. The number of piperidine rings is 1. The van der Waals surface area contributed by atoms with Crippen molar-refractivity contribution in [1.82, 2.24) is 4.90 Å². The molecule has 0 aromatic carbocycles. The summed E-state index contributed by atoms with van der Waals surface area (Å²) in [6, 6.07) is 0.589. The number of likely N-dealkylation sites (N-methyl/N-ethyl adjacent to an activating group) is 1. The maximum Gasteiger partial charge on any atom is 0.0273 e. The van der Waals surface area contributed by atoms with Crippen LogP contribution in [0.1, 0.15) is 12.8 Å². The topological polar surface area (TPSA) is 3.24 Å². The standard InChI is InChI=1S/C10H17N.ClH/c1-4-9-6-7-10(5-2)11(3)8-9;/h4-5,9-10H,1-2,6-8H2,3H3;1H. The van der Waals surface area contributed by atoms with E-state index in [0.29, 0.717) is 12.0 Å². The lowest BCUT2D eigenvalue weighted by atomic mass is 9.93. The number of nitrogens with zero attached hydrogens (tertiary/aromatic N) is 1. The van der Waals surface area contributed by atoms with Crippen LogP contribution in [-0.2, 0) is 0 Å². The molecule has 0 amide bonds. The zero-order chi connectivity index (χ0) is 8.27. The van der Waals surface area contributed by atoms with Crippen LogP contribution in [0.4, 0.5) is 0 Å². The monoisotopic (exact) mass is 187 g/mol. The van der Waals surface area contributed by atoms with Crippen molar-refractivity contribution in [1.29, 1.82) is 0 Å². The van der Waals surface area contributed by atoms with Gasteiger partial charge >= 0.3 is 0 Å². The minimum absolute atomic E-state index is 0. The van der Waals surface area contributed by atoms with Crippen LogP contribution in [0.2, 0.25) is 0 Å². The second kappa shape index (κ2) is 5.39. The van der Waals surface area contributed by atoms with Crippen molar-refractivity contribution >= 4 is 12.4 Å². The zero-order valence-corrected chi connectivity index (χ0v) is 8.52. The number of hydrogen-bond donors (Lipinski definition) is 0. The minimum atomic E-state index is 0. The van der Waals surface area contributed by atoms with Crippen molar-refractivity contribution in [3.8, 4) is 0 Å². The Kier molecular flexibility index (Phi) is 5.27. The fourth-order valence-electron chi connectivity index (χ4n) is 1.69. The third kappa shape index (κ3) is 2.65. The van der Waals surface area contributed by atoms with Crippen molar-refractivity contribution in [2.45, 2.75) is 18.9 Å². The number of rotatable bonds is 2. The number of hydrogen-bond acceptors (Lipinski definition) is 1. The van der Waals surface area contributed by atoms with Gasteiger partial charge in [0.2, 0.25) is 0 Å². The summed E-state index contributed by atoms with van der Waals surface area (Å²) in [7, 11) is 2.15. The molecule has 2 heteroatoms. The molecular weight excluding hydrogens is 170 g/mol. The van der Waals surface area contributed by atoms with Gasteiger partial charge in [0.25, 0.3) is 0 Å². The maximum atomic E-state index is 3.82. The van der Waals surface area contributed by atoms with Crippen LogP contribution in [-0.4, -0.2) is 24.5 Å². The van der Waals surface area contributed by atoms with Crippen LogP contribution in [0, 0.1) is 5.92 Å². The molecule has 12 heavy (non-hydrogen) atoms. The molecule has 1 aliphatic rings. The Bertz CT molecular complexity index is 156. The fraction of sp³-hybridized carbons (Fsp3) is 0.600. The molecule has 1 rings (SSSR count). The first-order valence-electron chi connectivity index (χ1n) is 4.23. The van der Waals surface area contributed by atoms with Gasteiger partial charge in [-0.15, -0.1) is 25.6 Å². The second-order valence-electron chi connectivity index (χ2n) is 3.32. The molecule has 0 aliphatic carbocycles. The minimum Gasteiger partial charge on any atom is -0.299 e. The second-order valence-corrected chi connectivity index (χ2v) is 3.32. The van der Waals surface area contributed by atoms with Crippen LogP contribution in [0.3, 0.4) is 0 Å². The molecular formula is C10H18ClN. The Morgan fingerprint density at radius 2 is 1.92 bits per heavy atom. The number of halogens is 1. The van der Waals surface area contributed by atoms with E-state index in [0.717, 1.165) is 6.54 Å². The highest BCUT2D eigenvalue weighted by atomic mass is 35.5. The molecule has 1 saturated heterocycles. The quantitative estimate of drug-likeness (QED) is 0.601. The van der Waals surface area contributed by atoms with E-state index >= 15 is 0 Å². The van der Waals surface area contributed by atoms with Gasteiger partial charge in [-0.2, -0.15) is 0 Å². The summed E-state index contributed by atoms with van der Waals surface area (Å²) in [6.45, 7) is 8.77. The molecule has 0 bridgehead atoms. The average molecular weight is 188 g/mol. The lowest BCUT2D eigenvalue weighted by molar-refractivity contribution is 0.189. The van der Waals surface area contributed by atoms with Crippen LogP contribution < -0.4 is 0 Å². The average Bonchev–Trinajstić information content (AvgIpc) is 2.04. The molecule has 0 saturated carbocycles. The molecule has 2 atom stereocenters. The molecule has 0 spiro atoms. The van der Waals surface area contributed by atoms with E-state index in [2.05, 4.69) is 31.2 Å². The lowest BCUT2D eigenvalue weighted by Crippen LogP contribution is -2.38. The summed E-state index contributed by atoms with van der Waals surface area (Å²) in [4.78, 5) is 2.35. The molecule has 2 unspecified atom stereocenters. The van der Waals surface area contributed by atoms with Gasteiger partial charge in [0, 0.05) is 12.6 Å². The van der Waals surface area contributed by atoms with Gasteiger partial charge in [-0.1, -0.05) is 12.2 Å². The number of likely N-dealkylation sites (tertiary alicyclic amines) is 1. The van der Waals surface area contributed by atoms with Gasteiger partial charge in [0.15, 0.2) is 0 Å². The summed E-state index contributed by atoms with van der Waals surface area (Å²) in [6.07, 6.45) is 6.61. The Balaban J connectivity index is 0.00000121. The van der Waals surface area contributed by atoms with Crippen LogP contribution >= 0.6 is 12.4 Å². The SMILES string of the molecule is C=CC1CCC(C=C)N(C)C1.Cl. The first-order chi connectivity index (χ1) is 5.27. The van der Waals surface area contributed by atoms with Crippen LogP contribution in [0.5, 0.6) is 0 Å². The van der Waals surface area contributed by atoms with Gasteiger partial charge in [-0.25, -0.2) is 0 Å². The first kappa shape index (κ1) is 11.7. The van der Waals surface area contributed by atoms with E-state index in [1.807, 2.05) is 6.08 Å². The smallest absolute Gasteiger partial charge is 0.0273 e. The van der Waals surface area contributed by atoms with Crippen LogP contribution in [0.25, 0.3) is 0 Å². The highest BCUT2D eigenvalue weighted by Crippen LogP contribution is 2.21. The molecule has 70 valence electrons. The van der Waals surface area contributed by atoms with Gasteiger partial charge in [-0.05, 0) is 25.8 Å². The first-order valence-corrected chi connectivity index (χ1v) is 4.23. The summed E-state index contributed by atoms with van der Waals surface area (Å²) in [5, 5.41) is 0. The van der Waals surface area contributed by atoms with Gasteiger partial charge in [0.1, 0.15) is 0 Å². The van der Waals surface area contributed by atoms with Crippen molar-refractivity contribution in [2.75, 3.05) is 13.6 Å². The van der Waals surface area contributed by atoms with E-state index < -0.39 is 0 Å². The van der Waals surface area contributed by atoms with Crippen molar-refractivity contribution in [3.05, 3.63) is 25.3 Å². The van der Waals surface area contributed by atoms with Gasteiger partial charge < -0.3 is 0 Å². The van der Waals surface area contributed by atoms with Crippen molar-refractivity contribution < 1.29 is 0 Å². The van der Waals surface area contributed by atoms with E-state index in [1.54, 1.807) is 0 Å². The predicted octanol–water partition coefficient (Wildman–Crippen LogP) is 2.49. The largest absolute Gasteiger partial charge is 0.299 e. The van der Waals surface area contributed by atoms with Crippen molar-refractivity contribution in [3.63, 3.8) is 0 Å². The molecule has 0 aromatic rings. The third-order valence-electron chi connectivity index (χ3n) is 2.53. The van der Waals surface area contributed by atoms with Gasteiger partial charge in [0.05, 0.1) is 0 Å². The lowest BCUT2D eigenvalue weighted by Gasteiger charge is -2.34. The van der Waals surface area contributed by atoms with Crippen molar-refractivity contribution in [2.24, 2.45) is 5.92 Å². The summed E-state index contributed by atoms with van der Waals surface area (Å²) >= 11 is 0.